The summed E-state index contributed by atoms with van der Waals surface area (Å²) in [6.45, 7) is 4.05. The first-order valence-electron chi connectivity index (χ1n) is 6.12. The third kappa shape index (κ3) is 3.17. The highest BCUT2D eigenvalue weighted by Gasteiger charge is 2.17. The van der Waals surface area contributed by atoms with E-state index in [1.165, 1.54) is 23.3 Å². The van der Waals surface area contributed by atoms with Gasteiger partial charge in [0, 0.05) is 18.4 Å². The van der Waals surface area contributed by atoms with Crippen LogP contribution < -0.4 is 4.72 Å². The first-order valence-corrected chi connectivity index (χ1v) is 7.61. The topological polar surface area (TPSA) is 102 Å². The summed E-state index contributed by atoms with van der Waals surface area (Å²) in [5, 5.41) is 16.7. The SMILES string of the molecule is CC(C)n1cc(NS(=O)(=O)c2cnn(CCO)c2)cn1. The highest BCUT2D eigenvalue weighted by molar-refractivity contribution is 7.92. The highest BCUT2D eigenvalue weighted by Crippen LogP contribution is 2.16. The van der Waals surface area contributed by atoms with Gasteiger partial charge in [0.1, 0.15) is 4.90 Å². The summed E-state index contributed by atoms with van der Waals surface area (Å²) in [6, 6.07) is 0.153. The number of aliphatic hydroxyl groups excluding tert-OH is 1. The molecule has 0 aliphatic heterocycles. The minimum atomic E-state index is -3.69. The normalized spacial score (nSPS) is 12.0. The van der Waals surface area contributed by atoms with E-state index < -0.39 is 10.0 Å². The molecular formula is C11H17N5O3S. The van der Waals surface area contributed by atoms with Gasteiger partial charge >= 0.3 is 0 Å². The van der Waals surface area contributed by atoms with E-state index in [0.29, 0.717) is 5.69 Å². The molecule has 0 bridgehead atoms. The number of hydrogen-bond donors (Lipinski definition) is 2. The fourth-order valence-corrected chi connectivity index (χ4v) is 2.58. The van der Waals surface area contributed by atoms with Crippen LogP contribution in [0, 0.1) is 0 Å². The second-order valence-corrected chi connectivity index (χ2v) is 6.25. The van der Waals surface area contributed by atoms with Crippen LogP contribution in [0.4, 0.5) is 5.69 Å². The van der Waals surface area contributed by atoms with Crippen molar-refractivity contribution < 1.29 is 13.5 Å². The molecule has 0 aliphatic carbocycles. The molecule has 0 fully saturated rings. The minimum absolute atomic E-state index is 0.0447. The number of aromatic nitrogens is 4. The Morgan fingerprint density at radius 2 is 2.05 bits per heavy atom. The quantitative estimate of drug-likeness (QED) is 0.806. The van der Waals surface area contributed by atoms with Crippen molar-refractivity contribution in [2.75, 3.05) is 11.3 Å². The molecular weight excluding hydrogens is 282 g/mol. The van der Waals surface area contributed by atoms with Crippen molar-refractivity contribution in [2.45, 2.75) is 31.3 Å². The maximum Gasteiger partial charge on any atom is 0.265 e. The zero-order valence-electron chi connectivity index (χ0n) is 11.3. The average molecular weight is 299 g/mol. The number of hydrogen-bond acceptors (Lipinski definition) is 5. The van der Waals surface area contributed by atoms with E-state index in [1.54, 1.807) is 10.9 Å². The van der Waals surface area contributed by atoms with Crippen LogP contribution in [0.3, 0.4) is 0 Å². The molecule has 0 saturated carbocycles. The standard InChI is InChI=1S/C11H17N5O3S/c1-9(2)16-7-10(5-13-16)14-20(18,19)11-6-12-15(8-11)3-4-17/h5-9,14,17H,3-4H2,1-2H3. The summed E-state index contributed by atoms with van der Waals surface area (Å²) in [7, 11) is -3.69. The maximum atomic E-state index is 12.1. The van der Waals surface area contributed by atoms with Crippen LogP contribution in [-0.2, 0) is 16.6 Å². The molecule has 20 heavy (non-hydrogen) atoms. The van der Waals surface area contributed by atoms with Gasteiger partial charge in [0.15, 0.2) is 0 Å². The molecule has 0 saturated heterocycles. The molecule has 2 rings (SSSR count). The van der Waals surface area contributed by atoms with Gasteiger partial charge < -0.3 is 5.11 Å². The Bertz CT molecular complexity index is 674. The van der Waals surface area contributed by atoms with Crippen molar-refractivity contribution in [3.8, 4) is 0 Å². The summed E-state index contributed by atoms with van der Waals surface area (Å²) in [5.74, 6) is 0. The Kier molecular flexibility index (Phi) is 4.09. The van der Waals surface area contributed by atoms with E-state index in [9.17, 15) is 8.42 Å². The third-order valence-electron chi connectivity index (χ3n) is 2.63. The van der Waals surface area contributed by atoms with Crippen LogP contribution in [0.1, 0.15) is 19.9 Å². The van der Waals surface area contributed by atoms with Crippen LogP contribution in [0.15, 0.2) is 29.7 Å². The number of anilines is 1. The second-order valence-electron chi connectivity index (χ2n) is 4.57. The monoisotopic (exact) mass is 299 g/mol. The van der Waals surface area contributed by atoms with E-state index in [4.69, 9.17) is 5.11 Å². The molecule has 0 unspecified atom stereocenters. The van der Waals surface area contributed by atoms with Gasteiger partial charge in [0.25, 0.3) is 10.0 Å². The minimum Gasteiger partial charge on any atom is -0.394 e. The van der Waals surface area contributed by atoms with Gasteiger partial charge in [0.2, 0.25) is 0 Å². The van der Waals surface area contributed by atoms with Gasteiger partial charge in [-0.25, -0.2) is 8.42 Å². The first kappa shape index (κ1) is 14.5. The Morgan fingerprint density at radius 3 is 2.65 bits per heavy atom. The van der Waals surface area contributed by atoms with E-state index in [2.05, 4.69) is 14.9 Å². The fraction of sp³-hybridized carbons (Fsp3) is 0.455. The smallest absolute Gasteiger partial charge is 0.265 e. The Labute approximate surface area is 117 Å². The zero-order valence-corrected chi connectivity index (χ0v) is 12.1. The molecule has 0 amide bonds. The fourth-order valence-electron chi connectivity index (χ4n) is 1.60. The van der Waals surface area contributed by atoms with Crippen LogP contribution in [0.25, 0.3) is 0 Å². The van der Waals surface area contributed by atoms with E-state index in [-0.39, 0.29) is 24.1 Å². The van der Waals surface area contributed by atoms with Gasteiger partial charge in [-0.15, -0.1) is 0 Å². The lowest BCUT2D eigenvalue weighted by Crippen LogP contribution is -2.12. The number of nitrogens with zero attached hydrogens (tertiary/aromatic N) is 4. The van der Waals surface area contributed by atoms with Crippen molar-refractivity contribution in [1.82, 2.24) is 19.6 Å². The van der Waals surface area contributed by atoms with Crippen LogP contribution in [-0.4, -0.2) is 39.7 Å². The van der Waals surface area contributed by atoms with Crippen molar-refractivity contribution >= 4 is 15.7 Å². The van der Waals surface area contributed by atoms with Gasteiger partial charge in [-0.2, -0.15) is 10.2 Å². The highest BCUT2D eigenvalue weighted by atomic mass is 32.2. The number of sulfonamides is 1. The lowest BCUT2D eigenvalue weighted by atomic mass is 10.4. The lowest BCUT2D eigenvalue weighted by molar-refractivity contribution is 0.269. The van der Waals surface area contributed by atoms with Crippen molar-refractivity contribution in [3.05, 3.63) is 24.8 Å². The van der Waals surface area contributed by atoms with Crippen molar-refractivity contribution in [1.29, 1.82) is 0 Å². The number of aliphatic hydroxyl groups is 1. The predicted octanol–water partition coefficient (Wildman–Crippen LogP) is 0.454. The molecule has 2 aromatic heterocycles. The summed E-state index contributed by atoms with van der Waals surface area (Å²) in [5.41, 5.74) is 0.397. The molecule has 8 nitrogen and oxygen atoms in total. The molecule has 0 radical (unpaired) electrons. The third-order valence-corrected chi connectivity index (χ3v) is 3.97. The zero-order chi connectivity index (χ0) is 14.8. The molecule has 2 heterocycles. The van der Waals surface area contributed by atoms with Gasteiger partial charge in [-0.3, -0.25) is 14.1 Å². The lowest BCUT2D eigenvalue weighted by Gasteiger charge is -2.04. The molecule has 9 heteroatoms. The van der Waals surface area contributed by atoms with Crippen molar-refractivity contribution in [3.63, 3.8) is 0 Å². The Morgan fingerprint density at radius 1 is 1.30 bits per heavy atom. The Balaban J connectivity index is 2.16. The van der Waals surface area contributed by atoms with Crippen LogP contribution in [0.5, 0.6) is 0 Å². The molecule has 0 atom stereocenters. The van der Waals surface area contributed by atoms with Gasteiger partial charge in [-0.05, 0) is 13.8 Å². The molecule has 110 valence electrons. The molecule has 2 N–H and O–H groups in total. The predicted molar refractivity (Wildman–Crippen MR) is 72.7 cm³/mol. The second kappa shape index (κ2) is 5.63. The molecule has 0 aliphatic rings. The average Bonchev–Trinajstić information content (AvgIpc) is 2.98. The summed E-state index contributed by atoms with van der Waals surface area (Å²) in [6.07, 6.45) is 5.69. The molecule has 0 spiro atoms. The maximum absolute atomic E-state index is 12.1. The van der Waals surface area contributed by atoms with Gasteiger partial charge in [-0.1, -0.05) is 0 Å². The van der Waals surface area contributed by atoms with E-state index in [1.807, 2.05) is 13.8 Å². The summed E-state index contributed by atoms with van der Waals surface area (Å²) in [4.78, 5) is 0.0447. The van der Waals surface area contributed by atoms with E-state index in [0.717, 1.165) is 0 Å². The Hall–Kier alpha value is -1.87. The first-order chi connectivity index (χ1) is 9.42. The van der Waals surface area contributed by atoms with Crippen LogP contribution >= 0.6 is 0 Å². The van der Waals surface area contributed by atoms with Crippen LogP contribution in [0.2, 0.25) is 0 Å². The summed E-state index contributed by atoms with van der Waals surface area (Å²) < 4.78 is 29.7. The number of rotatable bonds is 6. The van der Waals surface area contributed by atoms with E-state index >= 15 is 0 Å². The van der Waals surface area contributed by atoms with Gasteiger partial charge in [0.05, 0.1) is 31.2 Å². The number of nitrogens with one attached hydrogen (secondary N) is 1. The molecule has 2 aromatic rings. The molecule has 0 aromatic carbocycles. The largest absolute Gasteiger partial charge is 0.394 e. The summed E-state index contributed by atoms with van der Waals surface area (Å²) >= 11 is 0. The van der Waals surface area contributed by atoms with Crippen molar-refractivity contribution in [2.24, 2.45) is 0 Å².